The van der Waals surface area contributed by atoms with Crippen molar-refractivity contribution in [1.29, 1.82) is 0 Å². The minimum Gasteiger partial charge on any atom is -0.466 e. The Labute approximate surface area is 175 Å². The van der Waals surface area contributed by atoms with Crippen molar-refractivity contribution in [1.82, 2.24) is 0 Å². The van der Waals surface area contributed by atoms with Gasteiger partial charge < -0.3 is 9.47 Å². The van der Waals surface area contributed by atoms with Gasteiger partial charge in [0, 0.05) is 13.0 Å². The Bertz CT molecular complexity index is 1000. The second-order valence-corrected chi connectivity index (χ2v) is 8.31. The van der Waals surface area contributed by atoms with E-state index in [0.29, 0.717) is 0 Å². The van der Waals surface area contributed by atoms with Gasteiger partial charge in [0.25, 0.3) is 10.0 Å². The number of rotatable bonds is 9. The first-order chi connectivity index (χ1) is 14.2. The molecule has 0 aliphatic carbocycles. The molecule has 0 unspecified atom stereocenters. The van der Waals surface area contributed by atoms with E-state index in [2.05, 4.69) is 4.74 Å². The zero-order valence-electron chi connectivity index (χ0n) is 17.1. The minimum absolute atomic E-state index is 0.00405. The van der Waals surface area contributed by atoms with Gasteiger partial charge in [-0.05, 0) is 50.6 Å². The number of ether oxygens (including phenoxy) is 2. The molecule has 30 heavy (non-hydrogen) atoms. The third-order valence-corrected chi connectivity index (χ3v) is 6.12. The van der Waals surface area contributed by atoms with Crippen LogP contribution in [0.1, 0.15) is 35.7 Å². The zero-order valence-corrected chi connectivity index (χ0v) is 17.9. The second kappa shape index (κ2) is 10.2. The van der Waals surface area contributed by atoms with Gasteiger partial charge in [-0.3, -0.25) is 9.10 Å². The van der Waals surface area contributed by atoms with Crippen molar-refractivity contribution in [3.8, 4) is 0 Å². The standard InChI is InChI=1S/C21H24FNO6S/c1-4-29-20(24)6-5-13-23(30(26,27)17-10-7-15(2)8-11-17)19-12-9-16(22)14-18(19)21(25)28-3/h7-12,14H,4-6,13H2,1-3H3. The highest BCUT2D eigenvalue weighted by molar-refractivity contribution is 7.92. The number of hydrogen-bond acceptors (Lipinski definition) is 6. The number of halogens is 1. The average Bonchev–Trinajstić information content (AvgIpc) is 2.71. The highest BCUT2D eigenvalue weighted by atomic mass is 32.2. The molecule has 7 nitrogen and oxygen atoms in total. The number of carbonyl (C=O) groups is 2. The molecule has 0 aliphatic heterocycles. The van der Waals surface area contributed by atoms with Gasteiger partial charge in [0.15, 0.2) is 0 Å². The van der Waals surface area contributed by atoms with Crippen molar-refractivity contribution in [3.05, 3.63) is 59.4 Å². The lowest BCUT2D eigenvalue weighted by molar-refractivity contribution is -0.143. The lowest BCUT2D eigenvalue weighted by atomic mass is 10.1. The van der Waals surface area contributed by atoms with Crippen molar-refractivity contribution >= 4 is 27.6 Å². The number of anilines is 1. The summed E-state index contributed by atoms with van der Waals surface area (Å²) in [6.45, 7) is 3.59. The van der Waals surface area contributed by atoms with Crippen molar-refractivity contribution in [3.63, 3.8) is 0 Å². The Hall–Kier alpha value is -2.94. The zero-order chi connectivity index (χ0) is 22.3. The summed E-state index contributed by atoms with van der Waals surface area (Å²) in [5.41, 5.74) is 0.608. The number of carbonyl (C=O) groups excluding carboxylic acids is 2. The fourth-order valence-corrected chi connectivity index (χ4v) is 4.33. The first kappa shape index (κ1) is 23.3. The summed E-state index contributed by atoms with van der Waals surface area (Å²) in [6.07, 6.45) is 0.129. The number of hydrogen-bond donors (Lipinski definition) is 0. The van der Waals surface area contributed by atoms with Gasteiger partial charge in [0.05, 0.1) is 29.9 Å². The van der Waals surface area contributed by atoms with Crippen LogP contribution in [-0.2, 0) is 24.3 Å². The summed E-state index contributed by atoms with van der Waals surface area (Å²) >= 11 is 0. The Morgan fingerprint density at radius 1 is 1.10 bits per heavy atom. The minimum atomic E-state index is -4.11. The van der Waals surface area contributed by atoms with Crippen LogP contribution in [0.2, 0.25) is 0 Å². The normalized spacial score (nSPS) is 11.1. The van der Waals surface area contributed by atoms with Gasteiger partial charge in [-0.1, -0.05) is 17.7 Å². The van der Waals surface area contributed by atoms with Gasteiger partial charge in [0.1, 0.15) is 5.82 Å². The first-order valence-electron chi connectivity index (χ1n) is 9.33. The number of benzene rings is 2. The lowest BCUT2D eigenvalue weighted by Crippen LogP contribution is -2.34. The molecule has 0 aliphatic rings. The molecule has 9 heteroatoms. The van der Waals surface area contributed by atoms with Crippen LogP contribution in [0, 0.1) is 12.7 Å². The highest BCUT2D eigenvalue weighted by Crippen LogP contribution is 2.29. The fraction of sp³-hybridized carbons (Fsp3) is 0.333. The lowest BCUT2D eigenvalue weighted by Gasteiger charge is -2.26. The maximum atomic E-state index is 13.8. The van der Waals surface area contributed by atoms with Crippen LogP contribution in [0.4, 0.5) is 10.1 Å². The Balaban J connectivity index is 2.50. The quantitative estimate of drug-likeness (QED) is 0.558. The molecule has 0 heterocycles. The number of aryl methyl sites for hydroxylation is 1. The van der Waals surface area contributed by atoms with Gasteiger partial charge in [-0.2, -0.15) is 0 Å². The van der Waals surface area contributed by atoms with E-state index < -0.39 is 27.8 Å². The molecular weight excluding hydrogens is 413 g/mol. The van der Waals surface area contributed by atoms with Gasteiger partial charge in [-0.25, -0.2) is 17.6 Å². The maximum absolute atomic E-state index is 13.8. The molecule has 0 saturated heterocycles. The summed E-state index contributed by atoms with van der Waals surface area (Å²) in [7, 11) is -2.99. The predicted molar refractivity (Wildman–Crippen MR) is 109 cm³/mol. The molecule has 0 saturated carbocycles. The molecule has 0 spiro atoms. The van der Waals surface area contributed by atoms with Crippen LogP contribution < -0.4 is 4.31 Å². The van der Waals surface area contributed by atoms with Gasteiger partial charge in [-0.15, -0.1) is 0 Å². The van der Waals surface area contributed by atoms with E-state index in [1.807, 2.05) is 6.92 Å². The SMILES string of the molecule is CCOC(=O)CCCN(c1ccc(F)cc1C(=O)OC)S(=O)(=O)c1ccc(C)cc1. The predicted octanol–water partition coefficient (Wildman–Crippen LogP) is 3.46. The molecule has 2 rings (SSSR count). The summed E-state index contributed by atoms with van der Waals surface area (Å²) in [5.74, 6) is -2.05. The van der Waals surface area contributed by atoms with Crippen molar-refractivity contribution < 1.29 is 31.9 Å². The Morgan fingerprint density at radius 3 is 2.37 bits per heavy atom. The molecule has 0 radical (unpaired) electrons. The van der Waals surface area contributed by atoms with E-state index in [0.717, 1.165) is 29.1 Å². The molecule has 0 atom stereocenters. The van der Waals surface area contributed by atoms with Crippen LogP contribution >= 0.6 is 0 Å². The fourth-order valence-electron chi connectivity index (χ4n) is 2.81. The maximum Gasteiger partial charge on any atom is 0.340 e. The van der Waals surface area contributed by atoms with Crippen molar-refractivity contribution in [2.45, 2.75) is 31.6 Å². The largest absolute Gasteiger partial charge is 0.466 e. The molecule has 0 aromatic heterocycles. The molecule has 2 aromatic rings. The molecule has 0 bridgehead atoms. The third kappa shape index (κ3) is 5.56. The van der Waals surface area contributed by atoms with E-state index >= 15 is 0 Å². The van der Waals surface area contributed by atoms with E-state index in [4.69, 9.17) is 4.74 Å². The van der Waals surface area contributed by atoms with E-state index in [9.17, 15) is 22.4 Å². The molecule has 0 N–H and O–H groups in total. The number of sulfonamides is 1. The number of nitrogens with zero attached hydrogens (tertiary/aromatic N) is 1. The Kier molecular flexibility index (Phi) is 7.93. The first-order valence-corrected chi connectivity index (χ1v) is 10.8. The molecule has 2 aromatic carbocycles. The van der Waals surface area contributed by atoms with Gasteiger partial charge >= 0.3 is 11.9 Å². The highest BCUT2D eigenvalue weighted by Gasteiger charge is 2.29. The van der Waals surface area contributed by atoms with Crippen LogP contribution in [0.25, 0.3) is 0 Å². The van der Waals surface area contributed by atoms with Crippen molar-refractivity contribution in [2.24, 2.45) is 0 Å². The summed E-state index contributed by atoms with van der Waals surface area (Å²) < 4.78 is 51.0. The molecule has 0 fully saturated rings. The van der Waals surface area contributed by atoms with Gasteiger partial charge in [0.2, 0.25) is 0 Å². The average molecular weight is 437 g/mol. The van der Waals surface area contributed by atoms with E-state index in [-0.39, 0.29) is 42.1 Å². The topological polar surface area (TPSA) is 90.0 Å². The van der Waals surface area contributed by atoms with E-state index in [1.54, 1.807) is 19.1 Å². The van der Waals surface area contributed by atoms with Crippen LogP contribution in [0.15, 0.2) is 47.4 Å². The van der Waals surface area contributed by atoms with Crippen LogP contribution in [0.3, 0.4) is 0 Å². The smallest absolute Gasteiger partial charge is 0.340 e. The van der Waals surface area contributed by atoms with E-state index in [1.165, 1.54) is 18.2 Å². The Morgan fingerprint density at radius 2 is 1.77 bits per heavy atom. The monoisotopic (exact) mass is 437 g/mol. The number of esters is 2. The van der Waals surface area contributed by atoms with Crippen LogP contribution in [-0.4, -0.2) is 40.6 Å². The molecule has 0 amide bonds. The van der Waals surface area contributed by atoms with Crippen LogP contribution in [0.5, 0.6) is 0 Å². The molecule has 162 valence electrons. The molecular formula is C21H24FNO6S. The third-order valence-electron chi connectivity index (χ3n) is 4.29. The van der Waals surface area contributed by atoms with Crippen molar-refractivity contribution in [2.75, 3.05) is 24.6 Å². The second-order valence-electron chi connectivity index (χ2n) is 6.45. The number of methoxy groups -OCH3 is 1. The summed E-state index contributed by atoms with van der Waals surface area (Å²) in [4.78, 5) is 23.9. The summed E-state index contributed by atoms with van der Waals surface area (Å²) in [6, 6.07) is 9.38. The summed E-state index contributed by atoms with van der Waals surface area (Å²) in [5, 5.41) is 0.